The van der Waals surface area contributed by atoms with Crippen molar-refractivity contribution in [3.05, 3.63) is 36.5 Å². The zero-order valence-corrected chi connectivity index (χ0v) is 26.3. The van der Waals surface area contributed by atoms with Crippen molar-refractivity contribution in [3.63, 3.8) is 0 Å². The Kier molecular flexibility index (Phi) is 9.39. The van der Waals surface area contributed by atoms with E-state index in [0.717, 1.165) is 0 Å². The largest absolute Gasteiger partial charge is 0.491 e. The number of nitrogens with two attached hydrogens (primary N) is 1. The maximum absolute atomic E-state index is 13.4. The van der Waals surface area contributed by atoms with Crippen LogP contribution in [-0.2, 0) is 29.4 Å². The summed E-state index contributed by atoms with van der Waals surface area (Å²) in [5, 5.41) is 13.8. The smallest absolute Gasteiger partial charge is 0.244 e. The Bertz CT molecular complexity index is 1580. The van der Waals surface area contributed by atoms with Crippen LogP contribution in [0.3, 0.4) is 0 Å². The number of nitrogens with zero attached hydrogens (tertiary/aromatic N) is 3. The SMILES string of the molecule is C[C@H]1CN(C)c2cc(S(=O)(=O)N3CCC4(CC3)C[C@@H](NCC(O)COc3cccc(S(=O)(=O)CC(N)=O)c3)CO4)cnc2O1. The third kappa shape index (κ3) is 7.26. The maximum atomic E-state index is 13.4. The molecule has 1 aromatic heterocycles. The molecule has 2 saturated heterocycles. The minimum Gasteiger partial charge on any atom is -0.491 e. The number of hydrogen-bond donors (Lipinski definition) is 3. The van der Waals surface area contributed by atoms with Gasteiger partial charge in [0.1, 0.15) is 40.9 Å². The van der Waals surface area contributed by atoms with Crippen molar-refractivity contribution in [2.45, 2.75) is 59.8 Å². The minimum atomic E-state index is -3.88. The lowest BCUT2D eigenvalue weighted by Gasteiger charge is -2.38. The third-order valence-electron chi connectivity index (χ3n) is 8.12. The number of ether oxygens (including phenoxy) is 3. The highest BCUT2D eigenvalue weighted by molar-refractivity contribution is 7.92. The topological polar surface area (TPSA) is 191 Å². The van der Waals surface area contributed by atoms with E-state index in [-0.39, 0.29) is 40.8 Å². The molecule has 1 unspecified atom stereocenters. The number of rotatable bonds is 11. The summed E-state index contributed by atoms with van der Waals surface area (Å²) in [4.78, 5) is 17.3. The molecule has 0 saturated carbocycles. The van der Waals surface area contributed by atoms with Crippen molar-refractivity contribution in [3.8, 4) is 11.6 Å². The van der Waals surface area contributed by atoms with E-state index in [0.29, 0.717) is 57.1 Å². The number of aliphatic hydroxyl groups excluding tert-OH is 1. The standard InChI is InChI=1S/C28H39N5O9S2/c1-19-15-32(2)25-11-24(14-31-27(25)42-19)44(38,39)33-8-6-28(7-9-33)12-20(16-41-28)30-13-21(34)17-40-22-4-3-5-23(10-22)43(36,37)18-26(29)35/h3-5,10-11,14,19-21,30,34H,6-9,12-13,15-18H2,1-2H3,(H2,29,35)/t19-,20+,21?/m0/s1. The fourth-order valence-corrected chi connectivity index (χ4v) is 8.36. The highest BCUT2D eigenvalue weighted by atomic mass is 32.2. The number of likely N-dealkylation sites (N-methyl/N-ethyl adjacent to an activating group) is 1. The quantitative estimate of drug-likeness (QED) is 0.292. The van der Waals surface area contributed by atoms with Crippen molar-refractivity contribution in [2.75, 3.05) is 57.1 Å². The van der Waals surface area contributed by atoms with Gasteiger partial charge in [-0.3, -0.25) is 4.79 Å². The predicted molar refractivity (Wildman–Crippen MR) is 160 cm³/mol. The molecule has 0 radical (unpaired) electrons. The predicted octanol–water partition coefficient (Wildman–Crippen LogP) is -0.101. The molecule has 242 valence electrons. The van der Waals surface area contributed by atoms with Crippen LogP contribution in [0.2, 0.25) is 0 Å². The number of piperidine rings is 1. The minimum absolute atomic E-state index is 0.0298. The lowest BCUT2D eigenvalue weighted by Crippen LogP contribution is -2.47. The van der Waals surface area contributed by atoms with Gasteiger partial charge in [0.05, 0.1) is 29.8 Å². The summed E-state index contributed by atoms with van der Waals surface area (Å²) in [6.07, 6.45) is 2.20. The van der Waals surface area contributed by atoms with E-state index in [1.807, 2.05) is 18.9 Å². The van der Waals surface area contributed by atoms with Crippen LogP contribution in [0.1, 0.15) is 26.2 Å². The number of carbonyl (C=O) groups is 1. The van der Waals surface area contributed by atoms with Gasteiger partial charge in [0.2, 0.25) is 21.8 Å². The van der Waals surface area contributed by atoms with Crippen LogP contribution in [0, 0.1) is 0 Å². The van der Waals surface area contributed by atoms with Crippen molar-refractivity contribution < 1.29 is 40.9 Å². The molecule has 4 heterocycles. The molecule has 0 aliphatic carbocycles. The second kappa shape index (κ2) is 12.8. The maximum Gasteiger partial charge on any atom is 0.244 e. The van der Waals surface area contributed by atoms with Crippen LogP contribution in [0.5, 0.6) is 11.6 Å². The Labute approximate surface area is 257 Å². The van der Waals surface area contributed by atoms with Crippen molar-refractivity contribution in [2.24, 2.45) is 5.73 Å². The van der Waals surface area contributed by atoms with Crippen LogP contribution < -0.4 is 25.4 Å². The molecule has 1 aromatic carbocycles. The molecule has 16 heteroatoms. The number of amides is 1. The number of sulfonamides is 1. The number of carbonyl (C=O) groups excluding carboxylic acids is 1. The normalized spacial score (nSPS) is 22.8. The number of sulfone groups is 1. The first-order valence-corrected chi connectivity index (χ1v) is 17.5. The van der Waals surface area contributed by atoms with Gasteiger partial charge >= 0.3 is 0 Å². The molecule has 14 nitrogen and oxygen atoms in total. The van der Waals surface area contributed by atoms with Crippen LogP contribution in [0.4, 0.5) is 5.69 Å². The second-order valence-electron chi connectivity index (χ2n) is 11.7. The Balaban J connectivity index is 1.09. The summed E-state index contributed by atoms with van der Waals surface area (Å²) in [5.74, 6) is -1.09. The summed E-state index contributed by atoms with van der Waals surface area (Å²) in [6, 6.07) is 7.26. The molecule has 4 N–H and O–H groups in total. The number of aromatic nitrogens is 1. The first-order valence-electron chi connectivity index (χ1n) is 14.4. The average Bonchev–Trinajstić information content (AvgIpc) is 3.36. The van der Waals surface area contributed by atoms with Gasteiger partial charge in [0, 0.05) is 32.7 Å². The van der Waals surface area contributed by atoms with Gasteiger partial charge in [-0.1, -0.05) is 6.07 Å². The Morgan fingerprint density at radius 2 is 1.98 bits per heavy atom. The Morgan fingerprint density at radius 3 is 2.70 bits per heavy atom. The summed E-state index contributed by atoms with van der Waals surface area (Å²) in [5.41, 5.74) is 5.23. The molecule has 1 amide bonds. The van der Waals surface area contributed by atoms with Crippen molar-refractivity contribution in [1.82, 2.24) is 14.6 Å². The van der Waals surface area contributed by atoms with Gasteiger partial charge in [-0.2, -0.15) is 4.31 Å². The molecule has 3 atom stereocenters. The van der Waals surface area contributed by atoms with E-state index in [4.69, 9.17) is 19.9 Å². The Morgan fingerprint density at radius 1 is 1.23 bits per heavy atom. The number of benzene rings is 1. The molecule has 1 spiro atoms. The molecule has 0 bridgehead atoms. The van der Waals surface area contributed by atoms with Crippen LogP contribution in [-0.4, -0.2) is 113 Å². The van der Waals surface area contributed by atoms with Gasteiger partial charge in [0.15, 0.2) is 9.84 Å². The van der Waals surface area contributed by atoms with Gasteiger partial charge in [0.25, 0.3) is 0 Å². The second-order valence-corrected chi connectivity index (χ2v) is 15.6. The van der Waals surface area contributed by atoms with Crippen molar-refractivity contribution >= 4 is 31.5 Å². The van der Waals surface area contributed by atoms with Gasteiger partial charge < -0.3 is 35.3 Å². The van der Waals surface area contributed by atoms with E-state index in [2.05, 4.69) is 10.3 Å². The fraction of sp³-hybridized carbons (Fsp3) is 0.571. The zero-order valence-electron chi connectivity index (χ0n) is 24.7. The highest BCUT2D eigenvalue weighted by Crippen LogP contribution is 2.38. The zero-order chi connectivity index (χ0) is 31.7. The van der Waals surface area contributed by atoms with Crippen LogP contribution >= 0.6 is 0 Å². The summed E-state index contributed by atoms with van der Waals surface area (Å²) < 4.78 is 70.4. The van der Waals surface area contributed by atoms with Gasteiger partial charge in [-0.05, 0) is 50.5 Å². The number of pyridine rings is 1. The number of primary amides is 1. The summed E-state index contributed by atoms with van der Waals surface area (Å²) in [7, 11) is -5.73. The third-order valence-corrected chi connectivity index (χ3v) is 11.6. The number of fused-ring (bicyclic) bond motifs is 1. The van der Waals surface area contributed by atoms with Crippen LogP contribution in [0.25, 0.3) is 0 Å². The average molecular weight is 654 g/mol. The molecule has 2 fully saturated rings. The first-order chi connectivity index (χ1) is 20.8. The fourth-order valence-electron chi connectivity index (χ4n) is 5.83. The van der Waals surface area contributed by atoms with E-state index in [9.17, 15) is 26.7 Å². The molecular weight excluding hydrogens is 614 g/mol. The van der Waals surface area contributed by atoms with Crippen LogP contribution in [0.15, 0.2) is 46.3 Å². The van der Waals surface area contributed by atoms with Crippen molar-refractivity contribution in [1.29, 1.82) is 0 Å². The van der Waals surface area contributed by atoms with Gasteiger partial charge in [-0.25, -0.2) is 21.8 Å². The number of anilines is 1. The number of nitrogens with one attached hydrogen (secondary N) is 1. The molecule has 2 aromatic rings. The van der Waals surface area contributed by atoms with E-state index < -0.39 is 43.2 Å². The number of aliphatic hydroxyl groups is 1. The molecule has 3 aliphatic heterocycles. The van der Waals surface area contributed by atoms with E-state index >= 15 is 0 Å². The lowest BCUT2D eigenvalue weighted by molar-refractivity contribution is -0.115. The molecule has 5 rings (SSSR count). The Hall–Kier alpha value is -3.02. The number of hydrogen-bond acceptors (Lipinski definition) is 12. The molecular formula is C28H39N5O9S2. The lowest BCUT2D eigenvalue weighted by atomic mass is 9.88. The highest BCUT2D eigenvalue weighted by Gasteiger charge is 2.45. The van der Waals surface area contributed by atoms with Gasteiger partial charge in [-0.15, -0.1) is 0 Å². The van der Waals surface area contributed by atoms with E-state index in [1.54, 1.807) is 12.1 Å². The summed E-state index contributed by atoms with van der Waals surface area (Å²) in [6.45, 7) is 3.78. The summed E-state index contributed by atoms with van der Waals surface area (Å²) >= 11 is 0. The molecule has 44 heavy (non-hydrogen) atoms. The monoisotopic (exact) mass is 653 g/mol. The molecule has 3 aliphatic rings. The van der Waals surface area contributed by atoms with E-state index in [1.165, 1.54) is 28.7 Å². The first kappa shape index (κ1) is 32.4.